The summed E-state index contributed by atoms with van der Waals surface area (Å²) in [5.74, 6) is 0.892. The highest BCUT2D eigenvalue weighted by atomic mass is 16.2. The summed E-state index contributed by atoms with van der Waals surface area (Å²) < 4.78 is 0. The van der Waals surface area contributed by atoms with Gasteiger partial charge < -0.3 is 10.6 Å². The average Bonchev–Trinajstić information content (AvgIpc) is 2.26. The van der Waals surface area contributed by atoms with Gasteiger partial charge in [0, 0.05) is 12.2 Å². The number of hydrogen-bond acceptors (Lipinski definition) is 1. The quantitative estimate of drug-likeness (QED) is 0.698. The van der Waals surface area contributed by atoms with Gasteiger partial charge in [-0.15, -0.1) is 0 Å². The average molecular weight is 196 g/mol. The van der Waals surface area contributed by atoms with Gasteiger partial charge in [-0.3, -0.25) is 0 Å². The molecule has 2 N–H and O–H groups in total. The molecule has 3 nitrogen and oxygen atoms in total. The summed E-state index contributed by atoms with van der Waals surface area (Å²) in [6.45, 7) is 9.33. The Kier molecular flexibility index (Phi) is 3.55. The first-order valence-electron chi connectivity index (χ1n) is 5.30. The van der Waals surface area contributed by atoms with Crippen molar-refractivity contribution >= 4 is 6.03 Å². The molecule has 80 valence electrons. The monoisotopic (exact) mass is 196 g/mol. The van der Waals surface area contributed by atoms with Crippen molar-refractivity contribution in [2.24, 2.45) is 11.8 Å². The topological polar surface area (TPSA) is 41.1 Å². The van der Waals surface area contributed by atoms with Crippen LogP contribution in [-0.2, 0) is 0 Å². The number of hydrogen-bond donors (Lipinski definition) is 2. The molecule has 1 aliphatic rings. The van der Waals surface area contributed by atoms with Crippen LogP contribution in [0, 0.1) is 11.8 Å². The van der Waals surface area contributed by atoms with E-state index in [-0.39, 0.29) is 6.03 Å². The summed E-state index contributed by atoms with van der Waals surface area (Å²) in [6.07, 6.45) is 0.962. The molecule has 0 aliphatic carbocycles. The fraction of sp³-hybridized carbons (Fsp3) is 0.727. The van der Waals surface area contributed by atoms with Crippen molar-refractivity contribution in [3.63, 3.8) is 0 Å². The second kappa shape index (κ2) is 4.49. The standard InChI is InChI=1S/C11H20N2O/c1-7(2)9-5-6-12-11(14)13-10(9)8(3)4/h7-8H,5-6H2,1-4H3,(H2,12,13,14). The fourth-order valence-corrected chi connectivity index (χ4v) is 1.81. The lowest BCUT2D eigenvalue weighted by atomic mass is 9.93. The van der Waals surface area contributed by atoms with Crippen LogP contribution in [0.2, 0.25) is 0 Å². The van der Waals surface area contributed by atoms with Gasteiger partial charge in [0.25, 0.3) is 0 Å². The molecular weight excluding hydrogens is 176 g/mol. The Bertz CT molecular complexity index is 254. The largest absolute Gasteiger partial charge is 0.338 e. The first kappa shape index (κ1) is 11.1. The first-order valence-corrected chi connectivity index (χ1v) is 5.30. The van der Waals surface area contributed by atoms with Gasteiger partial charge in [-0.05, 0) is 23.8 Å². The molecule has 0 spiro atoms. The minimum atomic E-state index is -0.0654. The number of amides is 2. The van der Waals surface area contributed by atoms with Crippen molar-refractivity contribution in [1.29, 1.82) is 0 Å². The molecule has 0 bridgehead atoms. The Morgan fingerprint density at radius 1 is 1.14 bits per heavy atom. The van der Waals surface area contributed by atoms with Crippen molar-refractivity contribution in [2.75, 3.05) is 6.54 Å². The van der Waals surface area contributed by atoms with Crippen LogP contribution in [0.15, 0.2) is 11.3 Å². The molecule has 0 fully saturated rings. The third kappa shape index (κ3) is 2.50. The molecule has 0 unspecified atom stereocenters. The summed E-state index contributed by atoms with van der Waals surface area (Å²) in [5, 5.41) is 5.76. The van der Waals surface area contributed by atoms with Crippen molar-refractivity contribution in [3.8, 4) is 0 Å². The maximum atomic E-state index is 11.3. The molecule has 1 rings (SSSR count). The van der Waals surface area contributed by atoms with E-state index in [4.69, 9.17) is 0 Å². The Morgan fingerprint density at radius 2 is 1.79 bits per heavy atom. The Morgan fingerprint density at radius 3 is 2.29 bits per heavy atom. The number of nitrogens with one attached hydrogen (secondary N) is 2. The molecule has 0 saturated carbocycles. The predicted molar refractivity (Wildman–Crippen MR) is 57.9 cm³/mol. The Balaban J connectivity index is 2.97. The number of urea groups is 1. The van der Waals surface area contributed by atoms with Gasteiger partial charge in [0.1, 0.15) is 0 Å². The van der Waals surface area contributed by atoms with Crippen molar-refractivity contribution in [1.82, 2.24) is 10.6 Å². The molecule has 14 heavy (non-hydrogen) atoms. The van der Waals surface area contributed by atoms with Crippen molar-refractivity contribution in [2.45, 2.75) is 34.1 Å². The molecule has 0 aromatic rings. The van der Waals surface area contributed by atoms with Crippen LogP contribution in [0.25, 0.3) is 0 Å². The summed E-state index contributed by atoms with van der Waals surface area (Å²) in [5.41, 5.74) is 2.48. The van der Waals surface area contributed by atoms with Gasteiger partial charge in [0.2, 0.25) is 0 Å². The molecule has 3 heteroatoms. The fourth-order valence-electron chi connectivity index (χ4n) is 1.81. The van der Waals surface area contributed by atoms with Crippen LogP contribution < -0.4 is 10.6 Å². The maximum Gasteiger partial charge on any atom is 0.318 e. The predicted octanol–water partition coefficient (Wildman–Crippen LogP) is 2.26. The van der Waals surface area contributed by atoms with Crippen molar-refractivity contribution < 1.29 is 4.79 Å². The number of carbonyl (C=O) groups is 1. The molecule has 0 aromatic heterocycles. The number of carbonyl (C=O) groups excluding carboxylic acids is 1. The van der Waals surface area contributed by atoms with E-state index in [9.17, 15) is 4.79 Å². The van der Waals surface area contributed by atoms with Gasteiger partial charge in [0.15, 0.2) is 0 Å². The molecule has 2 amide bonds. The maximum absolute atomic E-state index is 11.3. The van der Waals surface area contributed by atoms with Crippen LogP contribution in [0.1, 0.15) is 34.1 Å². The molecule has 0 atom stereocenters. The molecule has 0 radical (unpaired) electrons. The Labute approximate surface area is 86.0 Å². The zero-order chi connectivity index (χ0) is 10.7. The number of allylic oxidation sites excluding steroid dienone is 1. The van der Waals surface area contributed by atoms with E-state index in [0.717, 1.165) is 18.7 Å². The molecule has 1 heterocycles. The zero-order valence-corrected chi connectivity index (χ0v) is 9.48. The van der Waals surface area contributed by atoms with E-state index in [1.54, 1.807) is 0 Å². The molecular formula is C11H20N2O. The van der Waals surface area contributed by atoms with Gasteiger partial charge in [0.05, 0.1) is 0 Å². The van der Waals surface area contributed by atoms with E-state index < -0.39 is 0 Å². The highest BCUT2D eigenvalue weighted by Gasteiger charge is 2.19. The summed E-state index contributed by atoms with van der Waals surface area (Å²) in [6, 6.07) is -0.0654. The van der Waals surface area contributed by atoms with Crippen molar-refractivity contribution in [3.05, 3.63) is 11.3 Å². The normalized spacial score (nSPS) is 18.3. The Hall–Kier alpha value is -0.990. The lowest BCUT2D eigenvalue weighted by Gasteiger charge is -2.18. The van der Waals surface area contributed by atoms with Crippen LogP contribution in [0.5, 0.6) is 0 Å². The molecule has 1 aliphatic heterocycles. The lowest BCUT2D eigenvalue weighted by Crippen LogP contribution is -2.34. The third-order valence-electron chi connectivity index (χ3n) is 2.55. The van der Waals surface area contributed by atoms with E-state index >= 15 is 0 Å². The molecule has 0 aromatic carbocycles. The van der Waals surface area contributed by atoms with E-state index in [2.05, 4.69) is 38.3 Å². The number of rotatable bonds is 2. The summed E-state index contributed by atoms with van der Waals surface area (Å²) >= 11 is 0. The van der Waals surface area contributed by atoms with Gasteiger partial charge >= 0.3 is 6.03 Å². The molecule has 0 saturated heterocycles. The first-order chi connectivity index (χ1) is 6.52. The lowest BCUT2D eigenvalue weighted by molar-refractivity contribution is 0.243. The van der Waals surface area contributed by atoms with Gasteiger partial charge in [-0.1, -0.05) is 27.7 Å². The highest BCUT2D eigenvalue weighted by molar-refractivity contribution is 5.76. The van der Waals surface area contributed by atoms with Crippen LogP contribution >= 0.6 is 0 Å². The highest BCUT2D eigenvalue weighted by Crippen LogP contribution is 2.23. The second-order valence-corrected chi connectivity index (χ2v) is 4.38. The van der Waals surface area contributed by atoms with Crippen LogP contribution in [0.3, 0.4) is 0 Å². The second-order valence-electron chi connectivity index (χ2n) is 4.38. The smallest absolute Gasteiger partial charge is 0.318 e. The van der Waals surface area contributed by atoms with Crippen LogP contribution in [0.4, 0.5) is 4.79 Å². The third-order valence-corrected chi connectivity index (χ3v) is 2.55. The summed E-state index contributed by atoms with van der Waals surface area (Å²) in [4.78, 5) is 11.3. The van der Waals surface area contributed by atoms with E-state index in [1.807, 2.05) is 0 Å². The van der Waals surface area contributed by atoms with E-state index in [1.165, 1.54) is 5.57 Å². The minimum Gasteiger partial charge on any atom is -0.338 e. The van der Waals surface area contributed by atoms with E-state index in [0.29, 0.717) is 11.8 Å². The van der Waals surface area contributed by atoms with Gasteiger partial charge in [-0.25, -0.2) is 4.79 Å². The zero-order valence-electron chi connectivity index (χ0n) is 9.48. The summed E-state index contributed by atoms with van der Waals surface area (Å²) in [7, 11) is 0. The SMILES string of the molecule is CC(C)C1=C(C(C)C)NC(=O)NCC1. The van der Waals surface area contributed by atoms with Crippen LogP contribution in [-0.4, -0.2) is 12.6 Å². The van der Waals surface area contributed by atoms with Gasteiger partial charge in [-0.2, -0.15) is 0 Å². The minimum absolute atomic E-state index is 0.0654.